The summed E-state index contributed by atoms with van der Waals surface area (Å²) in [6.07, 6.45) is -4.00. The van der Waals surface area contributed by atoms with Crippen LogP contribution < -0.4 is 11.4 Å². The Bertz CT molecular complexity index is 811. The molecule has 2 heterocycles. The number of carbonyl (C=O) groups is 1. The Kier molecular flexibility index (Phi) is 4.74. The van der Waals surface area contributed by atoms with Crippen LogP contribution in [0.5, 0.6) is 0 Å². The first-order valence-corrected chi connectivity index (χ1v) is 7.42. The smallest absolute Gasteiger partial charge is 0.368 e. The van der Waals surface area contributed by atoms with Crippen LogP contribution in [-0.2, 0) is 9.47 Å². The SMILES string of the molecule is Nc1cnn([C@H]2O[C@@H](COC(=O)c3ccccc3)[C@@H](O)[C@@H]2O)c(=O)n1. The van der Waals surface area contributed by atoms with Gasteiger partial charge in [-0.25, -0.2) is 9.59 Å². The highest BCUT2D eigenvalue weighted by molar-refractivity contribution is 5.89. The maximum absolute atomic E-state index is 11.9. The van der Waals surface area contributed by atoms with Crippen molar-refractivity contribution >= 4 is 11.8 Å². The van der Waals surface area contributed by atoms with Gasteiger partial charge in [0.1, 0.15) is 30.7 Å². The van der Waals surface area contributed by atoms with E-state index in [0.29, 0.717) is 5.56 Å². The van der Waals surface area contributed by atoms with Crippen molar-refractivity contribution in [3.05, 3.63) is 52.6 Å². The lowest BCUT2D eigenvalue weighted by Crippen LogP contribution is -2.37. The second kappa shape index (κ2) is 6.97. The van der Waals surface area contributed by atoms with Crippen molar-refractivity contribution in [1.29, 1.82) is 0 Å². The molecule has 1 aliphatic heterocycles. The summed E-state index contributed by atoms with van der Waals surface area (Å²) in [6, 6.07) is 8.28. The number of esters is 1. The zero-order valence-corrected chi connectivity index (χ0v) is 12.9. The number of aliphatic hydroxyl groups is 2. The lowest BCUT2D eigenvalue weighted by Gasteiger charge is -2.15. The highest BCUT2D eigenvalue weighted by Crippen LogP contribution is 2.28. The van der Waals surface area contributed by atoms with E-state index in [4.69, 9.17) is 15.2 Å². The summed E-state index contributed by atoms with van der Waals surface area (Å²) in [6.45, 7) is -0.306. The maximum atomic E-state index is 11.9. The van der Waals surface area contributed by atoms with Gasteiger partial charge in [-0.1, -0.05) is 18.2 Å². The first-order valence-electron chi connectivity index (χ1n) is 7.42. The number of rotatable bonds is 4. The van der Waals surface area contributed by atoms with Crippen molar-refractivity contribution in [2.24, 2.45) is 0 Å². The van der Waals surface area contributed by atoms with E-state index in [9.17, 15) is 19.8 Å². The van der Waals surface area contributed by atoms with E-state index in [2.05, 4.69) is 10.1 Å². The minimum absolute atomic E-state index is 0.0809. The summed E-state index contributed by atoms with van der Waals surface area (Å²) in [5, 5.41) is 23.9. The van der Waals surface area contributed by atoms with Gasteiger partial charge in [0.15, 0.2) is 6.23 Å². The van der Waals surface area contributed by atoms with Crippen LogP contribution in [0.3, 0.4) is 0 Å². The van der Waals surface area contributed by atoms with E-state index in [1.54, 1.807) is 30.3 Å². The number of hydrogen-bond donors (Lipinski definition) is 3. The molecule has 25 heavy (non-hydrogen) atoms. The largest absolute Gasteiger partial charge is 0.459 e. The van der Waals surface area contributed by atoms with E-state index in [-0.39, 0.29) is 12.4 Å². The summed E-state index contributed by atoms with van der Waals surface area (Å²) >= 11 is 0. The Morgan fingerprint density at radius 2 is 2.00 bits per heavy atom. The number of anilines is 1. The number of benzene rings is 1. The van der Waals surface area contributed by atoms with Gasteiger partial charge in [-0.15, -0.1) is 0 Å². The predicted octanol–water partition coefficient (Wildman–Crippen LogP) is -1.30. The van der Waals surface area contributed by atoms with Crippen molar-refractivity contribution in [3.8, 4) is 0 Å². The fraction of sp³-hybridized carbons (Fsp3) is 0.333. The third-order valence-electron chi connectivity index (χ3n) is 3.70. The van der Waals surface area contributed by atoms with Crippen molar-refractivity contribution in [2.45, 2.75) is 24.5 Å². The average molecular weight is 348 g/mol. The Morgan fingerprint density at radius 1 is 1.28 bits per heavy atom. The molecular formula is C15H16N4O6. The van der Waals surface area contributed by atoms with E-state index < -0.39 is 36.2 Å². The summed E-state index contributed by atoms with van der Waals surface area (Å²) in [5.74, 6) is -0.679. The highest BCUT2D eigenvalue weighted by Gasteiger charge is 2.45. The van der Waals surface area contributed by atoms with Crippen molar-refractivity contribution in [3.63, 3.8) is 0 Å². The van der Waals surface area contributed by atoms with Crippen LogP contribution in [0.4, 0.5) is 5.82 Å². The molecule has 0 unspecified atom stereocenters. The number of aliphatic hydroxyl groups excluding tert-OH is 2. The molecule has 1 aromatic carbocycles. The molecule has 0 saturated carbocycles. The second-order valence-electron chi connectivity index (χ2n) is 5.42. The summed E-state index contributed by atoms with van der Waals surface area (Å²) in [7, 11) is 0. The van der Waals surface area contributed by atoms with Crippen LogP contribution in [-0.4, -0.2) is 55.9 Å². The van der Waals surface area contributed by atoms with Gasteiger partial charge in [0.25, 0.3) is 0 Å². The molecule has 1 saturated heterocycles. The minimum atomic E-state index is -1.45. The molecule has 0 aliphatic carbocycles. The summed E-state index contributed by atoms with van der Waals surface area (Å²) in [5.41, 5.74) is 4.86. The zero-order chi connectivity index (χ0) is 18.0. The van der Waals surface area contributed by atoms with Gasteiger partial charge in [0, 0.05) is 0 Å². The number of carbonyl (C=O) groups excluding carboxylic acids is 1. The van der Waals surface area contributed by atoms with Gasteiger partial charge in [-0.2, -0.15) is 14.8 Å². The number of nitrogens with two attached hydrogens (primary N) is 1. The van der Waals surface area contributed by atoms with Gasteiger partial charge < -0.3 is 25.4 Å². The van der Waals surface area contributed by atoms with Gasteiger partial charge in [0.05, 0.1) is 11.8 Å². The Morgan fingerprint density at radius 3 is 2.68 bits per heavy atom. The van der Waals surface area contributed by atoms with Gasteiger partial charge >= 0.3 is 11.7 Å². The van der Waals surface area contributed by atoms with E-state index in [0.717, 1.165) is 10.9 Å². The number of hydrogen-bond acceptors (Lipinski definition) is 9. The fourth-order valence-corrected chi connectivity index (χ4v) is 2.42. The molecular weight excluding hydrogens is 332 g/mol. The number of ether oxygens (including phenoxy) is 2. The van der Waals surface area contributed by atoms with Gasteiger partial charge in [0.2, 0.25) is 0 Å². The maximum Gasteiger partial charge on any atom is 0.368 e. The normalized spacial score (nSPS) is 25.7. The van der Waals surface area contributed by atoms with Gasteiger partial charge in [-0.3, -0.25) is 0 Å². The molecule has 1 aliphatic rings. The molecule has 1 fully saturated rings. The quantitative estimate of drug-likeness (QED) is 0.573. The van der Waals surface area contributed by atoms with Crippen LogP contribution in [0, 0.1) is 0 Å². The minimum Gasteiger partial charge on any atom is -0.459 e. The highest BCUT2D eigenvalue weighted by atomic mass is 16.6. The van der Waals surface area contributed by atoms with E-state index >= 15 is 0 Å². The molecule has 0 bridgehead atoms. The number of nitrogen functional groups attached to an aromatic ring is 1. The summed E-state index contributed by atoms with van der Waals surface area (Å²) < 4.78 is 11.3. The average Bonchev–Trinajstić information content (AvgIpc) is 2.89. The third-order valence-corrected chi connectivity index (χ3v) is 3.70. The van der Waals surface area contributed by atoms with Crippen molar-refractivity contribution < 1.29 is 24.5 Å². The van der Waals surface area contributed by atoms with E-state index in [1.807, 2.05) is 0 Å². The molecule has 4 N–H and O–H groups in total. The third kappa shape index (κ3) is 3.50. The number of aromatic nitrogens is 3. The molecule has 132 valence electrons. The topological polar surface area (TPSA) is 150 Å². The predicted molar refractivity (Wildman–Crippen MR) is 83.4 cm³/mol. The zero-order valence-electron chi connectivity index (χ0n) is 12.9. The first kappa shape index (κ1) is 17.0. The van der Waals surface area contributed by atoms with Crippen LogP contribution in [0.2, 0.25) is 0 Å². The van der Waals surface area contributed by atoms with Crippen molar-refractivity contribution in [2.75, 3.05) is 12.3 Å². The molecule has 2 aromatic rings. The lowest BCUT2D eigenvalue weighted by atomic mass is 10.1. The van der Waals surface area contributed by atoms with Gasteiger partial charge in [-0.05, 0) is 12.1 Å². The molecule has 1 aromatic heterocycles. The Balaban J connectivity index is 1.68. The molecule has 0 spiro atoms. The first-order chi connectivity index (χ1) is 12.0. The van der Waals surface area contributed by atoms with Crippen LogP contribution in [0.1, 0.15) is 16.6 Å². The number of nitrogens with zero attached hydrogens (tertiary/aromatic N) is 3. The molecule has 4 atom stereocenters. The van der Waals surface area contributed by atoms with Crippen LogP contribution in [0.15, 0.2) is 41.3 Å². The molecule has 10 nitrogen and oxygen atoms in total. The monoisotopic (exact) mass is 348 g/mol. The molecule has 0 radical (unpaired) electrons. The molecule has 10 heteroatoms. The second-order valence-corrected chi connectivity index (χ2v) is 5.42. The molecule has 3 rings (SSSR count). The van der Waals surface area contributed by atoms with Crippen LogP contribution >= 0.6 is 0 Å². The lowest BCUT2D eigenvalue weighted by molar-refractivity contribution is -0.0657. The van der Waals surface area contributed by atoms with E-state index in [1.165, 1.54) is 0 Å². The Labute approximate surface area is 141 Å². The standard InChI is InChI=1S/C15H16N4O6/c16-10-6-17-19(15(23)18-10)13-12(21)11(20)9(25-13)7-24-14(22)8-4-2-1-3-5-8/h1-6,9,11-13,20-21H,7H2,(H2,16,18,23)/t9-,11+,12-,13-/m0/s1. The molecule has 0 amide bonds. The van der Waals surface area contributed by atoms with Crippen LogP contribution in [0.25, 0.3) is 0 Å². The summed E-state index contributed by atoms with van der Waals surface area (Å²) in [4.78, 5) is 27.2. The van der Waals surface area contributed by atoms with Crippen molar-refractivity contribution in [1.82, 2.24) is 14.8 Å². The fourth-order valence-electron chi connectivity index (χ4n) is 2.42. The Hall–Kier alpha value is -2.82.